The van der Waals surface area contributed by atoms with Gasteiger partial charge in [0.15, 0.2) is 0 Å². The molecule has 0 saturated carbocycles. The Balaban J connectivity index is 3.71. The Morgan fingerprint density at radius 3 is 1.11 bits per heavy atom. The largest absolute Gasteiger partial charge is 0.508 e. The van der Waals surface area contributed by atoms with Gasteiger partial charge in [0.1, 0.15) is 33.8 Å². The van der Waals surface area contributed by atoms with Gasteiger partial charge in [-0.15, -0.1) is 0 Å². The number of carbonyl (C=O) groups is 5. The van der Waals surface area contributed by atoms with Crippen molar-refractivity contribution in [2.24, 2.45) is 0 Å². The molecule has 55 heavy (non-hydrogen) atoms. The van der Waals surface area contributed by atoms with Crippen LogP contribution in [0.1, 0.15) is 109 Å². The first-order valence-corrected chi connectivity index (χ1v) is 18.8. The molecule has 1 N–H and O–H groups in total. The zero-order valence-electron chi connectivity index (χ0n) is 36.1. The predicted molar refractivity (Wildman–Crippen MR) is 209 cm³/mol. The minimum atomic E-state index is -0.796. The smallest absolute Gasteiger partial charge is 0.320 e. The molecule has 1 aromatic rings. The van der Waals surface area contributed by atoms with Gasteiger partial charge in [-0.2, -0.15) is 0 Å². The van der Waals surface area contributed by atoms with Crippen LogP contribution in [0.4, 0.5) is 0 Å². The molecule has 14 nitrogen and oxygen atoms in total. The minimum Gasteiger partial charge on any atom is -0.508 e. The SMILES string of the molecule is CC(C)(C)OC(=O)CN(CCN(CC(=O)OC(C)(C)C)CC(Cc1ccc(O)cc1)N(CC(=O)OC(C)(C)C)CC(=O)OC(C)(C)C)CC(=O)OC(C)(C)C. The minimum absolute atomic E-state index is 0.0706. The Morgan fingerprint density at radius 2 is 0.782 bits per heavy atom. The number of carbonyl (C=O) groups excluding carboxylic acids is 5. The highest BCUT2D eigenvalue weighted by Gasteiger charge is 2.32. The maximum absolute atomic E-state index is 13.4. The molecule has 0 bridgehead atoms. The first-order valence-electron chi connectivity index (χ1n) is 18.8. The van der Waals surface area contributed by atoms with Crippen molar-refractivity contribution >= 4 is 29.8 Å². The van der Waals surface area contributed by atoms with E-state index in [9.17, 15) is 29.1 Å². The van der Waals surface area contributed by atoms with E-state index in [1.807, 2.05) is 0 Å². The molecule has 0 amide bonds. The summed E-state index contributed by atoms with van der Waals surface area (Å²) in [4.78, 5) is 71.1. The van der Waals surface area contributed by atoms with Crippen LogP contribution in [0.15, 0.2) is 24.3 Å². The summed E-state index contributed by atoms with van der Waals surface area (Å²) in [7, 11) is 0. The molecular weight excluding hydrogens is 710 g/mol. The Morgan fingerprint density at radius 1 is 0.491 bits per heavy atom. The van der Waals surface area contributed by atoms with E-state index in [1.165, 1.54) is 0 Å². The summed E-state index contributed by atoms with van der Waals surface area (Å²) >= 11 is 0. The maximum Gasteiger partial charge on any atom is 0.320 e. The van der Waals surface area contributed by atoms with Gasteiger partial charge in [0.2, 0.25) is 0 Å². The number of nitrogens with zero attached hydrogens (tertiary/aromatic N) is 3. The second-order valence-electron chi connectivity index (χ2n) is 18.8. The van der Waals surface area contributed by atoms with Crippen LogP contribution in [0.5, 0.6) is 5.75 Å². The first kappa shape index (κ1) is 49.3. The molecule has 0 aromatic heterocycles. The van der Waals surface area contributed by atoms with Crippen LogP contribution in [0.2, 0.25) is 0 Å². The van der Waals surface area contributed by atoms with Gasteiger partial charge >= 0.3 is 29.8 Å². The fourth-order valence-corrected chi connectivity index (χ4v) is 5.31. The first-order chi connectivity index (χ1) is 24.8. The summed E-state index contributed by atoms with van der Waals surface area (Å²) in [5, 5.41) is 10.0. The molecule has 0 fully saturated rings. The summed E-state index contributed by atoms with van der Waals surface area (Å²) in [6.45, 7) is 25.5. The van der Waals surface area contributed by atoms with E-state index in [0.29, 0.717) is 0 Å². The molecule has 0 radical (unpaired) electrons. The van der Waals surface area contributed by atoms with Gasteiger partial charge in [-0.05, 0) is 128 Å². The normalized spacial score (nSPS) is 13.4. The van der Waals surface area contributed by atoms with Crippen LogP contribution in [0.25, 0.3) is 0 Å². The number of hydrogen-bond acceptors (Lipinski definition) is 14. The fraction of sp³-hybridized carbons (Fsp3) is 0.732. The van der Waals surface area contributed by atoms with E-state index in [0.717, 1.165) is 5.56 Å². The Hall–Kier alpha value is -3.75. The van der Waals surface area contributed by atoms with Crippen molar-refractivity contribution in [3.8, 4) is 5.75 Å². The van der Waals surface area contributed by atoms with Crippen LogP contribution in [0, 0.1) is 0 Å². The molecule has 14 heteroatoms. The average molecular weight is 780 g/mol. The molecule has 0 saturated heterocycles. The van der Waals surface area contributed by atoms with Gasteiger partial charge in [-0.1, -0.05) is 12.1 Å². The molecule has 1 aromatic carbocycles. The van der Waals surface area contributed by atoms with Crippen LogP contribution in [0.3, 0.4) is 0 Å². The van der Waals surface area contributed by atoms with Crippen molar-refractivity contribution in [3.05, 3.63) is 29.8 Å². The number of ether oxygens (including phenoxy) is 5. The number of esters is 5. The van der Waals surface area contributed by atoms with Gasteiger partial charge < -0.3 is 28.8 Å². The van der Waals surface area contributed by atoms with Crippen molar-refractivity contribution in [1.29, 1.82) is 0 Å². The highest BCUT2D eigenvalue weighted by molar-refractivity contribution is 5.76. The molecule has 0 heterocycles. The van der Waals surface area contributed by atoms with Crippen molar-refractivity contribution in [2.75, 3.05) is 52.4 Å². The van der Waals surface area contributed by atoms with E-state index in [4.69, 9.17) is 23.7 Å². The number of phenolic OH excluding ortho intramolecular Hbond substituents is 1. The maximum atomic E-state index is 13.4. The quantitative estimate of drug-likeness (QED) is 0.158. The standard InChI is InChI=1S/C41H69N3O11/c1-37(2,3)51-32(46)24-42(20-21-43(25-33(47)52-38(4,5)6)26-34(48)53-39(7,8)9)23-30(22-29-16-18-31(45)19-17-29)44(27-35(49)54-40(10,11)12)28-36(50)55-41(13,14)15/h16-19,30,45H,20-28H2,1-15H3. The summed E-state index contributed by atoms with van der Waals surface area (Å²) < 4.78 is 28.1. The van der Waals surface area contributed by atoms with Crippen molar-refractivity contribution in [1.82, 2.24) is 14.7 Å². The zero-order chi connectivity index (χ0) is 42.6. The van der Waals surface area contributed by atoms with E-state index in [2.05, 4.69) is 0 Å². The van der Waals surface area contributed by atoms with Gasteiger partial charge in [-0.25, -0.2) is 0 Å². The van der Waals surface area contributed by atoms with Crippen molar-refractivity contribution in [2.45, 2.75) is 144 Å². The lowest BCUT2D eigenvalue weighted by Crippen LogP contribution is -2.52. The molecule has 0 aliphatic rings. The van der Waals surface area contributed by atoms with Gasteiger partial charge in [0.25, 0.3) is 0 Å². The molecule has 0 aliphatic carbocycles. The molecule has 0 spiro atoms. The molecule has 1 atom stereocenters. The summed E-state index contributed by atoms with van der Waals surface area (Å²) in [5.41, 5.74) is -3.11. The third-order valence-electron chi connectivity index (χ3n) is 6.95. The van der Waals surface area contributed by atoms with Crippen LogP contribution < -0.4 is 0 Å². The number of hydrogen-bond donors (Lipinski definition) is 1. The zero-order valence-corrected chi connectivity index (χ0v) is 36.1. The molecule has 0 aliphatic heterocycles. The molecular formula is C41H69N3O11. The molecule has 1 rings (SSSR count). The number of benzene rings is 1. The number of phenols is 1. The Bertz CT molecular complexity index is 1350. The summed E-state index contributed by atoms with van der Waals surface area (Å²) in [5.74, 6) is -2.66. The van der Waals surface area contributed by atoms with Gasteiger partial charge in [-0.3, -0.25) is 38.7 Å². The highest BCUT2D eigenvalue weighted by Crippen LogP contribution is 2.19. The predicted octanol–water partition coefficient (Wildman–Crippen LogP) is 4.92. The van der Waals surface area contributed by atoms with Gasteiger partial charge in [0, 0.05) is 25.7 Å². The van der Waals surface area contributed by atoms with Crippen molar-refractivity contribution < 1.29 is 52.8 Å². The lowest BCUT2D eigenvalue weighted by Gasteiger charge is -2.36. The monoisotopic (exact) mass is 779 g/mol. The van der Waals surface area contributed by atoms with E-state index in [1.54, 1.807) is 143 Å². The fourth-order valence-electron chi connectivity index (χ4n) is 5.31. The summed E-state index contributed by atoms with van der Waals surface area (Å²) in [6, 6.07) is 5.97. The van der Waals surface area contributed by atoms with E-state index in [-0.39, 0.29) is 64.5 Å². The highest BCUT2D eigenvalue weighted by atomic mass is 16.6. The summed E-state index contributed by atoms with van der Waals surface area (Å²) in [6.07, 6.45) is 0.288. The molecule has 314 valence electrons. The van der Waals surface area contributed by atoms with Crippen LogP contribution >= 0.6 is 0 Å². The lowest BCUT2D eigenvalue weighted by molar-refractivity contribution is -0.162. The third kappa shape index (κ3) is 25.1. The topological polar surface area (TPSA) is 161 Å². The van der Waals surface area contributed by atoms with Crippen molar-refractivity contribution in [3.63, 3.8) is 0 Å². The second kappa shape index (κ2) is 20.4. The number of rotatable bonds is 18. The van der Waals surface area contributed by atoms with E-state index < -0.39 is 63.9 Å². The Kier molecular flexibility index (Phi) is 18.3. The lowest BCUT2D eigenvalue weighted by atomic mass is 10.0. The van der Waals surface area contributed by atoms with Gasteiger partial charge in [0.05, 0.1) is 32.7 Å². The van der Waals surface area contributed by atoms with Crippen LogP contribution in [-0.2, 0) is 54.1 Å². The third-order valence-corrected chi connectivity index (χ3v) is 6.95. The second-order valence-corrected chi connectivity index (χ2v) is 18.8. The number of aromatic hydroxyl groups is 1. The Labute approximate surface area is 329 Å². The van der Waals surface area contributed by atoms with Crippen LogP contribution in [-0.4, -0.2) is 136 Å². The van der Waals surface area contributed by atoms with E-state index >= 15 is 0 Å². The average Bonchev–Trinajstić information content (AvgIpc) is 2.91. The molecule has 1 unspecified atom stereocenters.